The number of hydrogen-bond acceptors (Lipinski definition) is 7. The highest BCUT2D eigenvalue weighted by Gasteiger charge is 2.24. The number of para-hydroxylation sites is 1. The van der Waals surface area contributed by atoms with E-state index in [0.29, 0.717) is 30.3 Å². The SMILES string of the molecule is CCc1cc(N(C)CCN(C)C)c([N+](=O)[O-])cc1Nc1ncc(C(C)CC)c(-c2cn3c4c(cccc24)CCC3)n1. The number of nitro groups is 1. The molecule has 4 aromatic rings. The van der Waals surface area contributed by atoms with Crippen LogP contribution in [-0.4, -0.2) is 58.6 Å². The third kappa shape index (κ3) is 5.63. The number of likely N-dealkylation sites (N-methyl/N-ethyl adjacent to an activating group) is 2. The van der Waals surface area contributed by atoms with E-state index in [1.165, 1.54) is 16.5 Å². The van der Waals surface area contributed by atoms with Crippen LogP contribution in [0, 0.1) is 10.1 Å². The van der Waals surface area contributed by atoms with E-state index >= 15 is 0 Å². The lowest BCUT2D eigenvalue weighted by Crippen LogP contribution is -2.29. The fourth-order valence-electron chi connectivity index (χ4n) is 5.76. The van der Waals surface area contributed by atoms with E-state index in [0.717, 1.165) is 54.7 Å². The number of nitrogens with zero attached hydrogens (tertiary/aromatic N) is 6. The van der Waals surface area contributed by atoms with Crippen LogP contribution in [0.25, 0.3) is 22.2 Å². The van der Waals surface area contributed by atoms with Crippen LogP contribution in [0.3, 0.4) is 0 Å². The number of nitro benzene ring substituents is 1. The number of benzene rings is 2. The van der Waals surface area contributed by atoms with Crippen molar-refractivity contribution in [3.05, 3.63) is 69.5 Å². The topological polar surface area (TPSA) is 92.4 Å². The van der Waals surface area contributed by atoms with Gasteiger partial charge in [0.2, 0.25) is 5.95 Å². The Morgan fingerprint density at radius 3 is 2.68 bits per heavy atom. The second kappa shape index (κ2) is 11.9. The first-order chi connectivity index (χ1) is 19.7. The Morgan fingerprint density at radius 1 is 1.17 bits per heavy atom. The van der Waals surface area contributed by atoms with Gasteiger partial charge in [0.25, 0.3) is 5.69 Å². The summed E-state index contributed by atoms with van der Waals surface area (Å²) in [7, 11) is 5.90. The predicted molar refractivity (Wildman–Crippen MR) is 168 cm³/mol. The van der Waals surface area contributed by atoms with Crippen molar-refractivity contribution in [2.75, 3.05) is 44.4 Å². The van der Waals surface area contributed by atoms with Crippen molar-refractivity contribution in [1.29, 1.82) is 0 Å². The highest BCUT2D eigenvalue weighted by molar-refractivity contribution is 5.98. The summed E-state index contributed by atoms with van der Waals surface area (Å²) in [6.07, 6.45) is 8.08. The lowest BCUT2D eigenvalue weighted by atomic mass is 9.94. The maximum Gasteiger partial charge on any atom is 0.294 e. The van der Waals surface area contributed by atoms with Gasteiger partial charge in [-0.05, 0) is 68.5 Å². The molecule has 1 aliphatic heterocycles. The molecule has 0 aliphatic carbocycles. The van der Waals surface area contributed by atoms with Crippen LogP contribution < -0.4 is 10.2 Å². The zero-order valence-electron chi connectivity index (χ0n) is 25.1. The van der Waals surface area contributed by atoms with Gasteiger partial charge in [-0.25, -0.2) is 9.97 Å². The summed E-state index contributed by atoms with van der Waals surface area (Å²) < 4.78 is 2.36. The number of rotatable bonds is 11. The molecule has 9 nitrogen and oxygen atoms in total. The van der Waals surface area contributed by atoms with Crippen molar-refractivity contribution >= 4 is 33.9 Å². The Bertz CT molecular complexity index is 1580. The van der Waals surface area contributed by atoms with Gasteiger partial charge in [-0.3, -0.25) is 10.1 Å². The van der Waals surface area contributed by atoms with Crippen molar-refractivity contribution < 1.29 is 4.92 Å². The highest BCUT2D eigenvalue weighted by atomic mass is 16.6. The van der Waals surface area contributed by atoms with Gasteiger partial charge in [-0.2, -0.15) is 0 Å². The van der Waals surface area contributed by atoms with Gasteiger partial charge < -0.3 is 19.7 Å². The van der Waals surface area contributed by atoms with Crippen LogP contribution in [0.4, 0.5) is 23.0 Å². The molecule has 0 amide bonds. The molecule has 2 aromatic carbocycles. The van der Waals surface area contributed by atoms with Crippen LogP contribution in [0.5, 0.6) is 0 Å². The second-order valence-corrected chi connectivity index (χ2v) is 11.4. The van der Waals surface area contributed by atoms with Crippen molar-refractivity contribution in [3.63, 3.8) is 0 Å². The van der Waals surface area contributed by atoms with Crippen LogP contribution in [0.1, 0.15) is 56.2 Å². The first-order valence-corrected chi connectivity index (χ1v) is 14.6. The third-order valence-corrected chi connectivity index (χ3v) is 8.36. The van der Waals surface area contributed by atoms with Crippen LogP contribution in [0.15, 0.2) is 42.7 Å². The van der Waals surface area contributed by atoms with E-state index in [-0.39, 0.29) is 16.5 Å². The second-order valence-electron chi connectivity index (χ2n) is 11.4. The maximum absolute atomic E-state index is 12.2. The molecular weight excluding hydrogens is 514 g/mol. The monoisotopic (exact) mass is 555 g/mol. The summed E-state index contributed by atoms with van der Waals surface area (Å²) >= 11 is 0. The molecule has 1 N–H and O–H groups in total. The molecule has 41 heavy (non-hydrogen) atoms. The number of aryl methyl sites for hydroxylation is 3. The normalized spacial score (nSPS) is 13.5. The first kappa shape index (κ1) is 28.5. The smallest absolute Gasteiger partial charge is 0.294 e. The quantitative estimate of drug-likeness (QED) is 0.161. The molecule has 1 aliphatic rings. The van der Waals surface area contributed by atoms with E-state index in [9.17, 15) is 10.1 Å². The number of anilines is 3. The molecule has 3 heterocycles. The molecule has 5 rings (SSSR count). The zero-order chi connectivity index (χ0) is 29.3. The minimum absolute atomic E-state index is 0.0661. The minimum Gasteiger partial charge on any atom is -0.368 e. The van der Waals surface area contributed by atoms with Crippen molar-refractivity contribution in [3.8, 4) is 11.3 Å². The summed E-state index contributed by atoms with van der Waals surface area (Å²) in [5.74, 6) is 0.728. The zero-order valence-corrected chi connectivity index (χ0v) is 25.1. The summed E-state index contributed by atoms with van der Waals surface area (Å²) in [6.45, 7) is 8.93. The standard InChI is InChI=1S/C32H41N7O2/c1-7-21(3)25-19-33-32(35-30(25)26-20-38-14-10-12-23-11-9-13-24(26)31(23)38)34-27-18-29(39(40)41)28(17-22(27)8-2)37(6)16-15-36(4)5/h9,11,13,17-21H,7-8,10,12,14-16H2,1-6H3,(H,33,34,35). The molecule has 0 spiro atoms. The molecule has 1 unspecified atom stereocenters. The summed E-state index contributed by atoms with van der Waals surface area (Å²) in [5, 5.41) is 16.7. The fourth-order valence-corrected chi connectivity index (χ4v) is 5.76. The molecule has 2 aromatic heterocycles. The maximum atomic E-state index is 12.2. The Balaban J connectivity index is 1.58. The van der Waals surface area contributed by atoms with E-state index < -0.39 is 0 Å². The van der Waals surface area contributed by atoms with Gasteiger partial charge in [-0.1, -0.05) is 39.0 Å². The molecule has 0 fully saturated rings. The molecule has 9 heteroatoms. The third-order valence-electron chi connectivity index (χ3n) is 8.36. The summed E-state index contributed by atoms with van der Waals surface area (Å²) in [5.41, 5.74) is 8.15. The van der Waals surface area contributed by atoms with Gasteiger partial charge in [0, 0.05) is 56.1 Å². The molecular formula is C32H41N7O2. The van der Waals surface area contributed by atoms with Gasteiger partial charge in [-0.15, -0.1) is 0 Å². The molecule has 216 valence electrons. The molecule has 1 atom stereocenters. The van der Waals surface area contributed by atoms with Crippen molar-refractivity contribution in [2.45, 2.75) is 58.9 Å². The van der Waals surface area contributed by atoms with E-state index in [2.05, 4.69) is 60.0 Å². The minimum atomic E-state index is -0.307. The van der Waals surface area contributed by atoms with Gasteiger partial charge in [0.1, 0.15) is 5.69 Å². The van der Waals surface area contributed by atoms with E-state index in [4.69, 9.17) is 9.97 Å². The summed E-state index contributed by atoms with van der Waals surface area (Å²) in [4.78, 5) is 25.7. The van der Waals surface area contributed by atoms with E-state index in [1.54, 1.807) is 6.07 Å². The summed E-state index contributed by atoms with van der Waals surface area (Å²) in [6, 6.07) is 10.1. The lowest BCUT2D eigenvalue weighted by Gasteiger charge is -2.23. The van der Waals surface area contributed by atoms with Crippen molar-refractivity contribution in [1.82, 2.24) is 19.4 Å². The Morgan fingerprint density at radius 2 is 1.98 bits per heavy atom. The molecule has 0 bridgehead atoms. The lowest BCUT2D eigenvalue weighted by molar-refractivity contribution is -0.384. The van der Waals surface area contributed by atoms with Gasteiger partial charge >= 0.3 is 0 Å². The number of nitrogens with one attached hydrogen (secondary N) is 1. The van der Waals surface area contributed by atoms with Gasteiger partial charge in [0.15, 0.2) is 0 Å². The van der Waals surface area contributed by atoms with Crippen LogP contribution in [-0.2, 0) is 19.4 Å². The van der Waals surface area contributed by atoms with Crippen LogP contribution in [0.2, 0.25) is 0 Å². The Hall–Kier alpha value is -3.98. The van der Waals surface area contributed by atoms with Crippen molar-refractivity contribution in [2.24, 2.45) is 0 Å². The fraction of sp³-hybridized carbons (Fsp3) is 0.438. The first-order valence-electron chi connectivity index (χ1n) is 14.6. The Kier molecular flexibility index (Phi) is 8.26. The predicted octanol–water partition coefficient (Wildman–Crippen LogP) is 6.77. The molecule has 0 saturated carbocycles. The number of hydrogen-bond donors (Lipinski definition) is 1. The average molecular weight is 556 g/mol. The molecule has 0 radical (unpaired) electrons. The van der Waals surface area contributed by atoms with Crippen LogP contribution >= 0.6 is 0 Å². The average Bonchev–Trinajstić information content (AvgIpc) is 3.35. The Labute approximate surface area is 242 Å². The number of aromatic nitrogens is 3. The van der Waals surface area contributed by atoms with E-state index in [1.807, 2.05) is 38.3 Å². The largest absolute Gasteiger partial charge is 0.368 e. The molecule has 0 saturated heterocycles. The van der Waals surface area contributed by atoms with Gasteiger partial charge in [0.05, 0.1) is 21.8 Å². The highest BCUT2D eigenvalue weighted by Crippen LogP contribution is 2.39.